The van der Waals surface area contributed by atoms with Gasteiger partial charge < -0.3 is 15.3 Å². The van der Waals surface area contributed by atoms with E-state index in [4.69, 9.17) is 0 Å². The molecule has 1 aliphatic heterocycles. The normalized spacial score (nSPS) is 14.4. The molecule has 0 saturated carbocycles. The Balaban J connectivity index is 1.60. The summed E-state index contributed by atoms with van der Waals surface area (Å²) >= 11 is 0. The number of hydrogen-bond donors (Lipinski definition) is 2. The van der Waals surface area contributed by atoms with E-state index in [2.05, 4.69) is 24.2 Å². The van der Waals surface area contributed by atoms with Crippen LogP contribution in [0.4, 0.5) is 5.69 Å². The Hall–Kier alpha value is -2.33. The largest absolute Gasteiger partial charge is 0.387 e. The molecule has 126 valence electrons. The predicted octanol–water partition coefficient (Wildman–Crippen LogP) is 2.70. The zero-order valence-corrected chi connectivity index (χ0v) is 14.2. The highest BCUT2D eigenvalue weighted by molar-refractivity contribution is 5.94. The highest BCUT2D eigenvalue weighted by atomic mass is 16.3. The van der Waals surface area contributed by atoms with Gasteiger partial charge in [-0.3, -0.25) is 4.79 Å². The lowest BCUT2D eigenvalue weighted by atomic mass is 10.0. The second-order valence-electron chi connectivity index (χ2n) is 6.34. The average molecular weight is 324 g/mol. The summed E-state index contributed by atoms with van der Waals surface area (Å²) < 4.78 is 0. The van der Waals surface area contributed by atoms with Crippen molar-refractivity contribution in [1.29, 1.82) is 0 Å². The fourth-order valence-corrected chi connectivity index (χ4v) is 3.10. The topological polar surface area (TPSA) is 52.6 Å². The number of benzene rings is 2. The standard InChI is InChI=1S/C20H24N2O2/c1-3-14-4-6-15(7-5-14)20(24)21-13-19(23)17-8-9-18-16(12-17)10-11-22(18)2/h4-9,12,19,23H,3,10-11,13H2,1-2H3,(H,21,24). The summed E-state index contributed by atoms with van der Waals surface area (Å²) in [5.41, 5.74) is 5.16. The van der Waals surface area contributed by atoms with E-state index in [0.717, 1.165) is 24.9 Å². The predicted molar refractivity (Wildman–Crippen MR) is 96.5 cm³/mol. The van der Waals surface area contributed by atoms with E-state index in [1.165, 1.54) is 16.8 Å². The van der Waals surface area contributed by atoms with Crippen molar-refractivity contribution >= 4 is 11.6 Å². The van der Waals surface area contributed by atoms with Crippen LogP contribution in [0, 0.1) is 0 Å². The van der Waals surface area contributed by atoms with Crippen molar-refractivity contribution in [2.75, 3.05) is 25.0 Å². The van der Waals surface area contributed by atoms with E-state index < -0.39 is 6.10 Å². The number of hydrogen-bond acceptors (Lipinski definition) is 3. The first kappa shape index (κ1) is 16.5. The summed E-state index contributed by atoms with van der Waals surface area (Å²) in [6, 6.07) is 13.6. The Labute approximate surface area is 143 Å². The number of likely N-dealkylation sites (N-methyl/N-ethyl adjacent to an activating group) is 1. The van der Waals surface area contributed by atoms with Gasteiger partial charge in [-0.25, -0.2) is 0 Å². The Kier molecular flexibility index (Phi) is 4.86. The molecule has 0 aromatic heterocycles. The molecule has 0 aliphatic carbocycles. The molecule has 2 aromatic rings. The average Bonchev–Trinajstić information content (AvgIpc) is 3.00. The van der Waals surface area contributed by atoms with Crippen LogP contribution in [0.25, 0.3) is 0 Å². The highest BCUT2D eigenvalue weighted by Crippen LogP contribution is 2.29. The fourth-order valence-electron chi connectivity index (χ4n) is 3.10. The van der Waals surface area contributed by atoms with E-state index in [-0.39, 0.29) is 12.5 Å². The Morgan fingerprint density at radius 3 is 2.71 bits per heavy atom. The Bertz CT molecular complexity index is 725. The van der Waals surface area contributed by atoms with Crippen LogP contribution < -0.4 is 10.2 Å². The number of fused-ring (bicyclic) bond motifs is 1. The van der Waals surface area contributed by atoms with Gasteiger partial charge in [0, 0.05) is 31.4 Å². The van der Waals surface area contributed by atoms with Gasteiger partial charge in [0.1, 0.15) is 0 Å². The number of anilines is 1. The molecule has 2 aromatic carbocycles. The SMILES string of the molecule is CCc1ccc(C(=O)NCC(O)c2ccc3c(c2)CCN3C)cc1. The molecule has 1 atom stereocenters. The van der Waals surface area contributed by atoms with Crippen LogP contribution in [0.3, 0.4) is 0 Å². The minimum absolute atomic E-state index is 0.155. The van der Waals surface area contributed by atoms with Crippen molar-refractivity contribution in [3.8, 4) is 0 Å². The van der Waals surface area contributed by atoms with Gasteiger partial charge in [0.2, 0.25) is 0 Å². The number of aryl methyl sites for hydroxylation is 1. The maximum Gasteiger partial charge on any atom is 0.251 e. The summed E-state index contributed by atoms with van der Waals surface area (Å²) in [6.07, 6.45) is 1.26. The Morgan fingerprint density at radius 1 is 1.25 bits per heavy atom. The van der Waals surface area contributed by atoms with Gasteiger partial charge >= 0.3 is 0 Å². The summed E-state index contributed by atoms with van der Waals surface area (Å²) in [5.74, 6) is -0.155. The highest BCUT2D eigenvalue weighted by Gasteiger charge is 2.18. The zero-order chi connectivity index (χ0) is 17.1. The zero-order valence-electron chi connectivity index (χ0n) is 14.2. The second kappa shape index (κ2) is 7.05. The van der Waals surface area contributed by atoms with Crippen molar-refractivity contribution < 1.29 is 9.90 Å². The molecule has 3 rings (SSSR count). The van der Waals surface area contributed by atoms with Gasteiger partial charge in [-0.05, 0) is 47.7 Å². The van der Waals surface area contributed by atoms with E-state index in [1.807, 2.05) is 42.5 Å². The van der Waals surface area contributed by atoms with E-state index in [1.54, 1.807) is 0 Å². The van der Waals surface area contributed by atoms with Crippen LogP contribution in [0.15, 0.2) is 42.5 Å². The van der Waals surface area contributed by atoms with Gasteiger partial charge in [-0.2, -0.15) is 0 Å². The number of amides is 1. The Morgan fingerprint density at radius 2 is 2.00 bits per heavy atom. The quantitative estimate of drug-likeness (QED) is 0.889. The molecule has 0 fully saturated rings. The fraction of sp³-hybridized carbons (Fsp3) is 0.350. The molecule has 1 unspecified atom stereocenters. The minimum Gasteiger partial charge on any atom is -0.387 e. The third kappa shape index (κ3) is 3.44. The molecule has 0 radical (unpaired) electrons. The van der Waals surface area contributed by atoms with Crippen LogP contribution in [0.1, 0.15) is 40.1 Å². The lowest BCUT2D eigenvalue weighted by molar-refractivity contribution is 0.0916. The number of carbonyl (C=O) groups is 1. The smallest absolute Gasteiger partial charge is 0.251 e. The number of nitrogens with zero attached hydrogens (tertiary/aromatic N) is 1. The van der Waals surface area contributed by atoms with Crippen LogP contribution in [0.2, 0.25) is 0 Å². The molecular formula is C20H24N2O2. The molecule has 24 heavy (non-hydrogen) atoms. The molecule has 4 nitrogen and oxygen atoms in total. The molecular weight excluding hydrogens is 300 g/mol. The van der Waals surface area contributed by atoms with Crippen molar-refractivity contribution in [1.82, 2.24) is 5.32 Å². The summed E-state index contributed by atoms with van der Waals surface area (Å²) in [7, 11) is 2.08. The molecule has 0 spiro atoms. The van der Waals surface area contributed by atoms with Gasteiger partial charge in [0.25, 0.3) is 5.91 Å². The number of aliphatic hydroxyl groups excluding tert-OH is 1. The van der Waals surface area contributed by atoms with Gasteiger partial charge in [0.15, 0.2) is 0 Å². The maximum absolute atomic E-state index is 12.2. The summed E-state index contributed by atoms with van der Waals surface area (Å²) in [4.78, 5) is 14.4. The van der Waals surface area contributed by atoms with Crippen LogP contribution in [0.5, 0.6) is 0 Å². The lowest BCUT2D eigenvalue weighted by Gasteiger charge is -2.15. The first-order chi connectivity index (χ1) is 11.6. The van der Waals surface area contributed by atoms with E-state index >= 15 is 0 Å². The van der Waals surface area contributed by atoms with Crippen molar-refractivity contribution in [2.45, 2.75) is 25.9 Å². The van der Waals surface area contributed by atoms with E-state index in [0.29, 0.717) is 5.56 Å². The lowest BCUT2D eigenvalue weighted by Crippen LogP contribution is -2.28. The van der Waals surface area contributed by atoms with Gasteiger partial charge in [-0.1, -0.05) is 31.2 Å². The van der Waals surface area contributed by atoms with Gasteiger partial charge in [-0.15, -0.1) is 0 Å². The number of aliphatic hydroxyl groups is 1. The van der Waals surface area contributed by atoms with Crippen LogP contribution in [-0.4, -0.2) is 31.2 Å². The van der Waals surface area contributed by atoms with Crippen LogP contribution >= 0.6 is 0 Å². The first-order valence-corrected chi connectivity index (χ1v) is 8.47. The summed E-state index contributed by atoms with van der Waals surface area (Å²) in [6.45, 7) is 3.31. The van der Waals surface area contributed by atoms with Crippen LogP contribution in [-0.2, 0) is 12.8 Å². The third-order valence-electron chi connectivity index (χ3n) is 4.70. The first-order valence-electron chi connectivity index (χ1n) is 8.47. The maximum atomic E-state index is 12.2. The van der Waals surface area contributed by atoms with Crippen molar-refractivity contribution in [2.24, 2.45) is 0 Å². The monoisotopic (exact) mass is 324 g/mol. The molecule has 0 saturated heterocycles. The second-order valence-corrected chi connectivity index (χ2v) is 6.34. The number of nitrogens with one attached hydrogen (secondary N) is 1. The van der Waals surface area contributed by atoms with Crippen molar-refractivity contribution in [3.63, 3.8) is 0 Å². The molecule has 1 amide bonds. The summed E-state index contributed by atoms with van der Waals surface area (Å²) in [5, 5.41) is 13.2. The molecule has 0 bridgehead atoms. The van der Waals surface area contributed by atoms with Crippen molar-refractivity contribution in [3.05, 3.63) is 64.7 Å². The molecule has 1 heterocycles. The number of rotatable bonds is 5. The molecule has 4 heteroatoms. The minimum atomic E-state index is -0.694. The molecule has 2 N–H and O–H groups in total. The van der Waals surface area contributed by atoms with E-state index in [9.17, 15) is 9.90 Å². The van der Waals surface area contributed by atoms with Gasteiger partial charge in [0.05, 0.1) is 6.10 Å². The molecule has 1 aliphatic rings. The third-order valence-corrected chi connectivity index (χ3v) is 4.70. The number of carbonyl (C=O) groups excluding carboxylic acids is 1.